The summed E-state index contributed by atoms with van der Waals surface area (Å²) in [5, 5.41) is 2.43. The minimum Gasteiger partial charge on any atom is -0.324 e. The van der Waals surface area contributed by atoms with Gasteiger partial charge in [-0.25, -0.2) is 4.39 Å². The Bertz CT molecular complexity index is 519. The standard InChI is InChI=1S/C15H18F4N2O/c16-12-5-1-2-6-13(12)20-14(22)7-9-21-8-3-4-11(10-21)15(17,18)19/h1-2,5-6,11H,3-4,7-10H2,(H,20,22)/t11-/m1/s1. The highest BCUT2D eigenvalue weighted by Gasteiger charge is 2.41. The summed E-state index contributed by atoms with van der Waals surface area (Å²) in [7, 11) is 0. The van der Waals surface area contributed by atoms with Crippen LogP contribution in [0.2, 0.25) is 0 Å². The van der Waals surface area contributed by atoms with Gasteiger partial charge >= 0.3 is 6.18 Å². The Kier molecular flexibility index (Phi) is 5.39. The second-order valence-corrected chi connectivity index (χ2v) is 5.46. The maximum Gasteiger partial charge on any atom is 0.393 e. The van der Waals surface area contributed by atoms with E-state index in [1.165, 1.54) is 18.2 Å². The van der Waals surface area contributed by atoms with Gasteiger partial charge in [0.1, 0.15) is 5.82 Å². The molecule has 7 heteroatoms. The maximum absolute atomic E-state index is 13.4. The van der Waals surface area contributed by atoms with Crippen LogP contribution in [0.3, 0.4) is 0 Å². The number of hydrogen-bond donors (Lipinski definition) is 1. The monoisotopic (exact) mass is 318 g/mol. The summed E-state index contributed by atoms with van der Waals surface area (Å²) in [5.41, 5.74) is 0.0827. The van der Waals surface area contributed by atoms with Gasteiger partial charge in [0.05, 0.1) is 11.6 Å². The van der Waals surface area contributed by atoms with Gasteiger partial charge < -0.3 is 10.2 Å². The molecule has 1 N–H and O–H groups in total. The Morgan fingerprint density at radius 1 is 1.32 bits per heavy atom. The highest BCUT2D eigenvalue weighted by Crippen LogP contribution is 2.33. The van der Waals surface area contributed by atoms with Gasteiger partial charge in [0.15, 0.2) is 0 Å². The summed E-state index contributed by atoms with van der Waals surface area (Å²) < 4.78 is 51.5. The van der Waals surface area contributed by atoms with E-state index in [-0.39, 0.29) is 31.6 Å². The van der Waals surface area contributed by atoms with Crippen molar-refractivity contribution in [2.24, 2.45) is 5.92 Å². The normalized spacial score (nSPS) is 19.9. The summed E-state index contributed by atoms with van der Waals surface area (Å²) in [6.07, 6.45) is -3.53. The molecule has 0 saturated carbocycles. The first-order valence-electron chi connectivity index (χ1n) is 7.19. The molecule has 0 aromatic heterocycles. The van der Waals surface area contributed by atoms with E-state index >= 15 is 0 Å². The fourth-order valence-corrected chi connectivity index (χ4v) is 2.56. The summed E-state index contributed by atoms with van der Waals surface area (Å²) in [4.78, 5) is 13.4. The van der Waals surface area contributed by atoms with Crippen molar-refractivity contribution in [1.82, 2.24) is 4.90 Å². The van der Waals surface area contributed by atoms with E-state index in [2.05, 4.69) is 5.32 Å². The van der Waals surface area contributed by atoms with Crippen molar-refractivity contribution in [1.29, 1.82) is 0 Å². The molecular formula is C15H18F4N2O. The van der Waals surface area contributed by atoms with E-state index < -0.39 is 23.8 Å². The molecule has 0 bridgehead atoms. The van der Waals surface area contributed by atoms with E-state index in [1.54, 1.807) is 11.0 Å². The quantitative estimate of drug-likeness (QED) is 0.863. The number of hydrogen-bond acceptors (Lipinski definition) is 2. The zero-order chi connectivity index (χ0) is 16.2. The number of anilines is 1. The van der Waals surface area contributed by atoms with Crippen molar-refractivity contribution in [3.8, 4) is 0 Å². The highest BCUT2D eigenvalue weighted by atomic mass is 19.4. The molecule has 22 heavy (non-hydrogen) atoms. The number of para-hydroxylation sites is 1. The number of piperidine rings is 1. The zero-order valence-corrected chi connectivity index (χ0v) is 12.0. The molecule has 1 saturated heterocycles. The molecule has 2 rings (SSSR count). The summed E-state index contributed by atoms with van der Waals surface area (Å²) in [6.45, 7) is 0.725. The third-order valence-electron chi connectivity index (χ3n) is 3.77. The highest BCUT2D eigenvalue weighted by molar-refractivity contribution is 5.90. The van der Waals surface area contributed by atoms with Crippen molar-refractivity contribution in [2.45, 2.75) is 25.4 Å². The van der Waals surface area contributed by atoms with Gasteiger partial charge in [0.25, 0.3) is 0 Å². The number of amides is 1. The average molecular weight is 318 g/mol. The summed E-state index contributed by atoms with van der Waals surface area (Å²) in [5.74, 6) is -2.26. The van der Waals surface area contributed by atoms with Crippen molar-refractivity contribution in [3.63, 3.8) is 0 Å². The van der Waals surface area contributed by atoms with E-state index in [4.69, 9.17) is 0 Å². The largest absolute Gasteiger partial charge is 0.393 e. The van der Waals surface area contributed by atoms with Gasteiger partial charge in [0.2, 0.25) is 5.91 Å². The van der Waals surface area contributed by atoms with Crippen molar-refractivity contribution < 1.29 is 22.4 Å². The number of likely N-dealkylation sites (tertiary alicyclic amines) is 1. The topological polar surface area (TPSA) is 32.3 Å². The van der Waals surface area contributed by atoms with Crippen LogP contribution in [0.4, 0.5) is 23.2 Å². The molecule has 1 aliphatic rings. The summed E-state index contributed by atoms with van der Waals surface area (Å²) >= 11 is 0. The molecule has 122 valence electrons. The van der Waals surface area contributed by atoms with Gasteiger partial charge in [0, 0.05) is 19.5 Å². The lowest BCUT2D eigenvalue weighted by Gasteiger charge is -2.33. The van der Waals surface area contributed by atoms with Crippen LogP contribution in [-0.4, -0.2) is 36.6 Å². The first-order chi connectivity index (χ1) is 10.4. The Morgan fingerprint density at radius 3 is 2.73 bits per heavy atom. The molecule has 1 aromatic rings. The van der Waals surface area contributed by atoms with Crippen LogP contribution in [0, 0.1) is 11.7 Å². The van der Waals surface area contributed by atoms with E-state index in [9.17, 15) is 22.4 Å². The second kappa shape index (κ2) is 7.09. The van der Waals surface area contributed by atoms with Gasteiger partial charge in [-0.2, -0.15) is 13.2 Å². The molecule has 1 heterocycles. The fraction of sp³-hybridized carbons (Fsp3) is 0.533. The van der Waals surface area contributed by atoms with E-state index in [0.29, 0.717) is 13.0 Å². The van der Waals surface area contributed by atoms with Gasteiger partial charge in [-0.1, -0.05) is 12.1 Å². The Morgan fingerprint density at radius 2 is 2.05 bits per heavy atom. The number of nitrogens with one attached hydrogen (secondary N) is 1. The van der Waals surface area contributed by atoms with Gasteiger partial charge in [-0.15, -0.1) is 0 Å². The number of alkyl halides is 3. The predicted octanol–water partition coefficient (Wildman–Crippen LogP) is 3.43. The number of carbonyl (C=O) groups is 1. The number of nitrogens with zero attached hydrogens (tertiary/aromatic N) is 1. The lowest BCUT2D eigenvalue weighted by molar-refractivity contribution is -0.186. The molecule has 1 aromatic carbocycles. The lowest BCUT2D eigenvalue weighted by atomic mass is 9.97. The van der Waals surface area contributed by atoms with Crippen LogP contribution < -0.4 is 5.32 Å². The Hall–Kier alpha value is -1.63. The first kappa shape index (κ1) is 16.7. The van der Waals surface area contributed by atoms with Crippen molar-refractivity contribution in [2.75, 3.05) is 25.0 Å². The molecule has 0 radical (unpaired) electrons. The Labute approximate surface area is 126 Å². The maximum atomic E-state index is 13.4. The number of carbonyl (C=O) groups excluding carboxylic acids is 1. The smallest absolute Gasteiger partial charge is 0.324 e. The van der Waals surface area contributed by atoms with E-state index in [1.807, 2.05) is 0 Å². The molecule has 1 aliphatic heterocycles. The second-order valence-electron chi connectivity index (χ2n) is 5.46. The van der Waals surface area contributed by atoms with Crippen molar-refractivity contribution in [3.05, 3.63) is 30.1 Å². The van der Waals surface area contributed by atoms with Crippen molar-refractivity contribution >= 4 is 11.6 Å². The molecule has 0 spiro atoms. The van der Waals surface area contributed by atoms with Crippen LogP contribution in [0.25, 0.3) is 0 Å². The number of rotatable bonds is 4. The minimum atomic E-state index is -4.19. The SMILES string of the molecule is O=C(CCN1CCC[C@@H](C(F)(F)F)C1)Nc1ccccc1F. The van der Waals surface area contributed by atoms with Crippen LogP contribution in [0.5, 0.6) is 0 Å². The van der Waals surface area contributed by atoms with Crippen LogP contribution in [-0.2, 0) is 4.79 Å². The molecule has 0 aliphatic carbocycles. The number of halogens is 4. The van der Waals surface area contributed by atoms with Gasteiger partial charge in [-0.05, 0) is 31.5 Å². The molecule has 0 unspecified atom stereocenters. The third kappa shape index (κ3) is 4.69. The molecule has 1 fully saturated rings. The molecule has 3 nitrogen and oxygen atoms in total. The zero-order valence-electron chi connectivity index (χ0n) is 12.0. The van der Waals surface area contributed by atoms with E-state index in [0.717, 1.165) is 0 Å². The average Bonchev–Trinajstić information content (AvgIpc) is 2.47. The molecule has 1 atom stereocenters. The predicted molar refractivity (Wildman–Crippen MR) is 74.9 cm³/mol. The van der Waals surface area contributed by atoms with Crippen LogP contribution in [0.1, 0.15) is 19.3 Å². The van der Waals surface area contributed by atoms with Crippen LogP contribution >= 0.6 is 0 Å². The molecule has 1 amide bonds. The first-order valence-corrected chi connectivity index (χ1v) is 7.19. The summed E-state index contributed by atoms with van der Waals surface area (Å²) in [6, 6.07) is 5.77. The third-order valence-corrected chi connectivity index (χ3v) is 3.77. The Balaban J connectivity index is 1.80. The van der Waals surface area contributed by atoms with Gasteiger partial charge in [-0.3, -0.25) is 4.79 Å². The fourth-order valence-electron chi connectivity index (χ4n) is 2.56. The number of benzene rings is 1. The molecular weight excluding hydrogens is 300 g/mol. The lowest BCUT2D eigenvalue weighted by Crippen LogP contribution is -2.42. The van der Waals surface area contributed by atoms with Crippen LogP contribution in [0.15, 0.2) is 24.3 Å². The minimum absolute atomic E-state index is 0.0406.